The zero-order chi connectivity index (χ0) is 26.3. The summed E-state index contributed by atoms with van der Waals surface area (Å²) in [6.07, 6.45) is 2.23. The number of H-pyrrole nitrogens is 1. The topological polar surface area (TPSA) is 109 Å². The van der Waals surface area contributed by atoms with Gasteiger partial charge >= 0.3 is 13.2 Å². The fourth-order valence-corrected chi connectivity index (χ4v) is 4.69. The molecular weight excluding hydrogens is 459 g/mol. The minimum absolute atomic E-state index is 0.0315. The van der Waals surface area contributed by atoms with Gasteiger partial charge in [-0.25, -0.2) is 9.78 Å². The molecule has 2 aliphatic rings. The molecule has 10 heteroatoms. The molecule has 4 rings (SSSR count). The van der Waals surface area contributed by atoms with Gasteiger partial charge in [-0.1, -0.05) is 30.8 Å². The van der Waals surface area contributed by atoms with Crippen LogP contribution in [0.5, 0.6) is 0 Å². The van der Waals surface area contributed by atoms with E-state index in [0.29, 0.717) is 5.70 Å². The highest BCUT2D eigenvalue weighted by molar-refractivity contribution is 6.62. The summed E-state index contributed by atoms with van der Waals surface area (Å²) in [6, 6.07) is 7.42. The number of aliphatic hydroxyl groups excluding tert-OH is 1. The minimum Gasteiger partial charge on any atom is -0.453 e. The van der Waals surface area contributed by atoms with Gasteiger partial charge in [0.25, 0.3) is 0 Å². The van der Waals surface area contributed by atoms with Gasteiger partial charge in [-0.2, -0.15) is 0 Å². The van der Waals surface area contributed by atoms with Crippen molar-refractivity contribution in [3.8, 4) is 11.3 Å². The Morgan fingerprint density at radius 1 is 1.28 bits per heavy atom. The van der Waals surface area contributed by atoms with Crippen molar-refractivity contribution in [1.82, 2.24) is 20.2 Å². The van der Waals surface area contributed by atoms with Crippen molar-refractivity contribution in [3.05, 3.63) is 48.6 Å². The van der Waals surface area contributed by atoms with E-state index < -0.39 is 25.4 Å². The Balaban J connectivity index is 1.48. The number of amides is 1. The van der Waals surface area contributed by atoms with Gasteiger partial charge in [0, 0.05) is 12.2 Å². The number of likely N-dealkylation sites (tertiary alicyclic amines) is 1. The van der Waals surface area contributed by atoms with Crippen LogP contribution >= 0.6 is 0 Å². The fourth-order valence-electron chi connectivity index (χ4n) is 4.69. The van der Waals surface area contributed by atoms with E-state index in [-0.39, 0.29) is 17.2 Å². The van der Waals surface area contributed by atoms with E-state index in [2.05, 4.69) is 26.8 Å². The number of benzene rings is 1. The van der Waals surface area contributed by atoms with E-state index in [1.807, 2.05) is 58.2 Å². The molecule has 1 aromatic heterocycles. The largest absolute Gasteiger partial charge is 0.494 e. The van der Waals surface area contributed by atoms with E-state index in [1.54, 1.807) is 6.92 Å². The molecular formula is C26H37BN4O5. The molecule has 3 N–H and O–H groups in total. The molecule has 0 aliphatic carbocycles. The van der Waals surface area contributed by atoms with Crippen LogP contribution in [0.4, 0.5) is 4.79 Å². The molecule has 36 heavy (non-hydrogen) atoms. The fraction of sp³-hybridized carbons (Fsp3) is 0.538. The number of hydrogen-bond donors (Lipinski definition) is 3. The van der Waals surface area contributed by atoms with Crippen molar-refractivity contribution < 1.29 is 23.9 Å². The third kappa shape index (κ3) is 5.03. The Morgan fingerprint density at radius 2 is 1.92 bits per heavy atom. The lowest BCUT2D eigenvalue weighted by Gasteiger charge is -2.33. The molecule has 0 bridgehead atoms. The molecule has 0 saturated carbocycles. The summed E-state index contributed by atoms with van der Waals surface area (Å²) in [5.41, 5.74) is 2.74. The van der Waals surface area contributed by atoms with Crippen LogP contribution in [0.25, 0.3) is 11.3 Å². The van der Waals surface area contributed by atoms with Crippen LogP contribution in [-0.2, 0) is 14.0 Å². The lowest BCUT2D eigenvalue weighted by Crippen LogP contribution is -2.47. The third-order valence-electron chi connectivity index (χ3n) is 7.58. The van der Waals surface area contributed by atoms with Gasteiger partial charge in [0.15, 0.2) is 0 Å². The Hall–Kier alpha value is -2.82. The number of aliphatic hydroxyl groups is 1. The van der Waals surface area contributed by atoms with Crippen molar-refractivity contribution >= 4 is 18.7 Å². The van der Waals surface area contributed by atoms with Crippen molar-refractivity contribution in [2.45, 2.75) is 76.9 Å². The van der Waals surface area contributed by atoms with Gasteiger partial charge in [-0.15, -0.1) is 0 Å². The number of rotatable bonds is 7. The van der Waals surface area contributed by atoms with Gasteiger partial charge in [0.2, 0.25) is 0 Å². The zero-order valence-electron chi connectivity index (χ0n) is 22.0. The monoisotopic (exact) mass is 496 g/mol. The first kappa shape index (κ1) is 26.3. The molecule has 2 saturated heterocycles. The van der Waals surface area contributed by atoms with Crippen LogP contribution in [0, 0.1) is 0 Å². The maximum absolute atomic E-state index is 11.8. The van der Waals surface area contributed by atoms with Crippen molar-refractivity contribution in [1.29, 1.82) is 0 Å². The van der Waals surface area contributed by atoms with Gasteiger partial charge in [0.05, 0.1) is 48.4 Å². The molecule has 0 unspecified atom stereocenters. The van der Waals surface area contributed by atoms with Gasteiger partial charge in [-0.05, 0) is 58.5 Å². The van der Waals surface area contributed by atoms with Crippen LogP contribution in [0.3, 0.4) is 0 Å². The number of ether oxygens (including phenoxy) is 1. The smallest absolute Gasteiger partial charge is 0.453 e. The number of alkyl carbamates (subject to hydrolysis) is 1. The molecule has 0 radical (unpaired) electrons. The first-order valence-electron chi connectivity index (χ1n) is 12.4. The normalized spacial score (nSPS) is 22.4. The highest BCUT2D eigenvalue weighted by Gasteiger charge is 2.51. The number of nitrogens with zero attached hydrogens (tertiary/aromatic N) is 2. The highest BCUT2D eigenvalue weighted by Crippen LogP contribution is 2.37. The summed E-state index contributed by atoms with van der Waals surface area (Å²) in [4.78, 5) is 22.0. The summed E-state index contributed by atoms with van der Waals surface area (Å²) < 4.78 is 17.0. The quantitative estimate of drug-likeness (QED) is 0.506. The second kappa shape index (κ2) is 9.92. The van der Waals surface area contributed by atoms with Crippen LogP contribution in [0.15, 0.2) is 42.7 Å². The number of methoxy groups -OCH3 is 1. The maximum Gasteiger partial charge on any atom is 0.494 e. The van der Waals surface area contributed by atoms with Gasteiger partial charge < -0.3 is 34.4 Å². The molecule has 9 nitrogen and oxygen atoms in total. The molecule has 3 atom stereocenters. The molecule has 194 valence electrons. The van der Waals surface area contributed by atoms with Gasteiger partial charge in [0.1, 0.15) is 5.82 Å². The van der Waals surface area contributed by atoms with E-state index >= 15 is 0 Å². The number of nitrogens with one attached hydrogen (secondary N) is 2. The van der Waals surface area contributed by atoms with E-state index in [1.165, 1.54) is 7.11 Å². The van der Waals surface area contributed by atoms with Crippen LogP contribution in [-0.4, -0.2) is 70.2 Å². The number of imidazole rings is 1. The van der Waals surface area contributed by atoms with Gasteiger partial charge in [-0.3, -0.25) is 0 Å². The van der Waals surface area contributed by atoms with E-state index in [4.69, 9.17) is 14.0 Å². The Morgan fingerprint density at radius 3 is 2.50 bits per heavy atom. The summed E-state index contributed by atoms with van der Waals surface area (Å²) in [7, 11) is 0.891. The number of aromatic nitrogens is 2. The van der Waals surface area contributed by atoms with Crippen LogP contribution < -0.4 is 10.8 Å². The van der Waals surface area contributed by atoms with Crippen molar-refractivity contribution in [2.24, 2.45) is 0 Å². The molecule has 2 aromatic rings. The summed E-state index contributed by atoms with van der Waals surface area (Å²) >= 11 is 0. The lowest BCUT2D eigenvalue weighted by atomic mass is 9.79. The Labute approximate surface area is 213 Å². The molecule has 2 aliphatic heterocycles. The van der Waals surface area contributed by atoms with E-state index in [9.17, 15) is 9.90 Å². The van der Waals surface area contributed by atoms with Crippen molar-refractivity contribution in [3.63, 3.8) is 0 Å². The maximum atomic E-state index is 11.8. The van der Waals surface area contributed by atoms with Crippen molar-refractivity contribution in [2.75, 3.05) is 13.7 Å². The molecule has 0 spiro atoms. The predicted molar refractivity (Wildman–Crippen MR) is 139 cm³/mol. The average molecular weight is 496 g/mol. The second-order valence-corrected chi connectivity index (χ2v) is 10.6. The summed E-state index contributed by atoms with van der Waals surface area (Å²) in [5, 5.41) is 12.9. The summed E-state index contributed by atoms with van der Waals surface area (Å²) in [5.74, 6) is 0.820. The standard InChI is InChI=1S/C26H37BN4O5/c1-16(22(17(2)32)30-24(33)34-7)31-14-8-9-21(31)23-28-15-20(29-23)18-10-12-19(13-11-18)27-35-25(3,4)26(5,6)36-27/h10-13,15,17,21-22,32H,1,8-9,14H2,2-7H3,(H,28,29)(H,30,33)/t17-,21+,22-/m1/s1. The van der Waals surface area contributed by atoms with Crippen LogP contribution in [0.2, 0.25) is 0 Å². The predicted octanol–water partition coefficient (Wildman–Crippen LogP) is 3.13. The van der Waals surface area contributed by atoms with E-state index in [0.717, 1.165) is 41.9 Å². The highest BCUT2D eigenvalue weighted by atomic mass is 16.7. The molecule has 1 aromatic carbocycles. The number of hydrogen-bond acceptors (Lipinski definition) is 7. The zero-order valence-corrected chi connectivity index (χ0v) is 22.0. The Kier molecular flexibility index (Phi) is 7.23. The first-order valence-corrected chi connectivity index (χ1v) is 12.4. The number of carbonyl (C=O) groups excluding carboxylic acids is 1. The number of carbonyl (C=O) groups is 1. The molecule has 2 fully saturated rings. The minimum atomic E-state index is -0.826. The molecule has 1 amide bonds. The SMILES string of the molecule is C=C([C@@H](NC(=O)OC)[C@@H](C)O)N1CCC[C@H]1c1ncc(-c2ccc(B3OC(C)(C)C(C)(C)O3)cc2)[nH]1. The average Bonchev–Trinajstić information content (AvgIpc) is 3.54. The molecule has 3 heterocycles. The summed E-state index contributed by atoms with van der Waals surface area (Å²) in [6.45, 7) is 14.7. The van der Waals surface area contributed by atoms with Crippen LogP contribution in [0.1, 0.15) is 59.3 Å². The first-order chi connectivity index (χ1) is 16.9. The lowest BCUT2D eigenvalue weighted by molar-refractivity contribution is 0.00578. The Bertz CT molecular complexity index is 1080. The third-order valence-corrected chi connectivity index (χ3v) is 7.58. The second-order valence-electron chi connectivity index (χ2n) is 10.6. The number of aromatic amines is 1.